The third kappa shape index (κ3) is 3.25. The predicted molar refractivity (Wildman–Crippen MR) is 94.3 cm³/mol. The lowest BCUT2D eigenvalue weighted by atomic mass is 10.1. The largest absolute Gasteiger partial charge is 0.419 e. The van der Waals surface area contributed by atoms with Crippen LogP contribution in [-0.4, -0.2) is 14.5 Å². The summed E-state index contributed by atoms with van der Waals surface area (Å²) in [5, 5.41) is 3.71. The Morgan fingerprint density at radius 2 is 2.04 bits per heavy atom. The van der Waals surface area contributed by atoms with Crippen molar-refractivity contribution in [2.24, 2.45) is 5.92 Å². The van der Waals surface area contributed by atoms with E-state index >= 15 is 0 Å². The highest BCUT2D eigenvalue weighted by Gasteiger charge is 2.35. The maximum absolute atomic E-state index is 13.3. The van der Waals surface area contributed by atoms with Gasteiger partial charge < -0.3 is 9.88 Å². The van der Waals surface area contributed by atoms with Gasteiger partial charge in [-0.25, -0.2) is 4.98 Å². The molecule has 0 aromatic carbocycles. The van der Waals surface area contributed by atoms with Crippen LogP contribution in [0.2, 0.25) is 0 Å². The van der Waals surface area contributed by atoms with Crippen LogP contribution < -0.4 is 5.32 Å². The van der Waals surface area contributed by atoms with Crippen LogP contribution in [0.15, 0.2) is 36.9 Å². The van der Waals surface area contributed by atoms with Gasteiger partial charge in [-0.05, 0) is 37.0 Å². The van der Waals surface area contributed by atoms with Crippen LogP contribution in [0.3, 0.4) is 0 Å². The highest BCUT2D eigenvalue weighted by molar-refractivity contribution is 5.92. The van der Waals surface area contributed by atoms with Gasteiger partial charge in [-0.3, -0.25) is 4.98 Å². The Kier molecular flexibility index (Phi) is 4.09. The number of nitrogens with one attached hydrogen (secondary N) is 1. The minimum atomic E-state index is -4.48. The van der Waals surface area contributed by atoms with Crippen molar-refractivity contribution in [1.29, 1.82) is 0 Å². The molecule has 1 aliphatic rings. The number of nitrogens with zero attached hydrogens (tertiary/aromatic N) is 3. The van der Waals surface area contributed by atoms with E-state index in [4.69, 9.17) is 0 Å². The maximum Gasteiger partial charge on any atom is 0.419 e. The lowest BCUT2D eigenvalue weighted by Gasteiger charge is -2.16. The number of aromatic nitrogens is 3. The Labute approximate surface area is 149 Å². The van der Waals surface area contributed by atoms with Crippen LogP contribution >= 0.6 is 0 Å². The molecule has 3 aromatic heterocycles. The van der Waals surface area contributed by atoms with Crippen LogP contribution in [0.25, 0.3) is 10.9 Å². The van der Waals surface area contributed by atoms with Gasteiger partial charge in [0.25, 0.3) is 0 Å². The normalized spacial score (nSPS) is 14.8. The first kappa shape index (κ1) is 16.9. The average Bonchev–Trinajstić information content (AvgIpc) is 3.33. The van der Waals surface area contributed by atoms with Crippen LogP contribution in [0.5, 0.6) is 0 Å². The van der Waals surface area contributed by atoms with Gasteiger partial charge in [0.2, 0.25) is 0 Å². The fourth-order valence-electron chi connectivity index (χ4n) is 3.21. The molecule has 4 rings (SSSR count). The van der Waals surface area contributed by atoms with Crippen molar-refractivity contribution in [2.45, 2.75) is 38.9 Å². The van der Waals surface area contributed by atoms with E-state index in [0.29, 0.717) is 11.4 Å². The standard InChI is InChI=1S/C19H19F3N4/c1-12-10-23-11-15(19(20,21)22)17(12)25-18-14-6-9-26(8-5-13-2-3-13)16(14)4-7-24-18/h4,6-7,9-11,13H,2-3,5,8H2,1H3,(H,23,24,25). The molecule has 0 aliphatic heterocycles. The fourth-order valence-corrected chi connectivity index (χ4v) is 3.21. The molecule has 1 fully saturated rings. The Hall–Kier alpha value is -2.57. The summed E-state index contributed by atoms with van der Waals surface area (Å²) >= 11 is 0. The van der Waals surface area contributed by atoms with Crippen LogP contribution in [0.4, 0.5) is 24.7 Å². The number of pyridine rings is 2. The number of hydrogen-bond acceptors (Lipinski definition) is 3. The summed E-state index contributed by atoms with van der Waals surface area (Å²) < 4.78 is 42.1. The molecular weight excluding hydrogens is 341 g/mol. The van der Waals surface area contributed by atoms with Gasteiger partial charge in [-0.15, -0.1) is 0 Å². The van der Waals surface area contributed by atoms with Crippen molar-refractivity contribution < 1.29 is 13.2 Å². The zero-order valence-electron chi connectivity index (χ0n) is 14.3. The molecule has 0 saturated heterocycles. The van der Waals surface area contributed by atoms with Crippen molar-refractivity contribution >= 4 is 22.4 Å². The zero-order valence-corrected chi connectivity index (χ0v) is 14.3. The van der Waals surface area contributed by atoms with E-state index in [0.717, 1.165) is 36.0 Å². The maximum atomic E-state index is 13.3. The molecule has 1 aliphatic carbocycles. The van der Waals surface area contributed by atoms with Crippen molar-refractivity contribution in [3.63, 3.8) is 0 Å². The highest BCUT2D eigenvalue weighted by atomic mass is 19.4. The number of aryl methyl sites for hydroxylation is 2. The summed E-state index contributed by atoms with van der Waals surface area (Å²) in [6, 6.07) is 3.80. The second-order valence-electron chi connectivity index (χ2n) is 6.84. The number of anilines is 2. The lowest BCUT2D eigenvalue weighted by Crippen LogP contribution is -2.11. The first-order valence-corrected chi connectivity index (χ1v) is 8.66. The smallest absolute Gasteiger partial charge is 0.347 e. The number of alkyl halides is 3. The average molecular weight is 360 g/mol. The molecule has 4 nitrogen and oxygen atoms in total. The van der Waals surface area contributed by atoms with Gasteiger partial charge in [0.05, 0.1) is 16.8 Å². The molecule has 0 bridgehead atoms. The van der Waals surface area contributed by atoms with Gasteiger partial charge in [0, 0.05) is 36.7 Å². The van der Waals surface area contributed by atoms with E-state index in [2.05, 4.69) is 19.9 Å². The van der Waals surface area contributed by atoms with Gasteiger partial charge in [-0.1, -0.05) is 12.8 Å². The third-order valence-corrected chi connectivity index (χ3v) is 4.86. The zero-order chi connectivity index (χ0) is 18.3. The SMILES string of the molecule is Cc1cncc(C(F)(F)F)c1Nc1nccc2c1ccn2CCC1CC1. The minimum Gasteiger partial charge on any atom is -0.347 e. The summed E-state index contributed by atoms with van der Waals surface area (Å²) in [5.74, 6) is 1.24. The molecule has 7 heteroatoms. The predicted octanol–water partition coefficient (Wildman–Crippen LogP) is 5.30. The molecule has 3 heterocycles. The number of rotatable bonds is 5. The van der Waals surface area contributed by atoms with Crippen LogP contribution in [0, 0.1) is 12.8 Å². The van der Waals surface area contributed by atoms with E-state index in [1.807, 2.05) is 18.3 Å². The molecule has 0 unspecified atom stereocenters. The Bertz CT molecular complexity index is 942. The number of fused-ring (bicyclic) bond motifs is 1. The summed E-state index contributed by atoms with van der Waals surface area (Å²) in [6.45, 7) is 2.52. The Balaban J connectivity index is 1.70. The van der Waals surface area contributed by atoms with Gasteiger partial charge >= 0.3 is 6.18 Å². The van der Waals surface area contributed by atoms with Crippen LogP contribution in [0.1, 0.15) is 30.4 Å². The molecule has 0 amide bonds. The van der Waals surface area contributed by atoms with Crippen molar-refractivity contribution in [3.8, 4) is 0 Å². The first-order valence-electron chi connectivity index (χ1n) is 8.66. The summed E-state index contributed by atoms with van der Waals surface area (Å²) in [7, 11) is 0. The van der Waals surface area contributed by atoms with Crippen molar-refractivity contribution in [2.75, 3.05) is 5.32 Å². The topological polar surface area (TPSA) is 42.7 Å². The van der Waals surface area contributed by atoms with Crippen molar-refractivity contribution in [1.82, 2.24) is 14.5 Å². The first-order chi connectivity index (χ1) is 12.4. The number of halogens is 3. The molecule has 0 radical (unpaired) electrons. The van der Waals surface area contributed by atoms with Gasteiger partial charge in [-0.2, -0.15) is 13.2 Å². The lowest BCUT2D eigenvalue weighted by molar-refractivity contribution is -0.137. The van der Waals surface area contributed by atoms with E-state index in [-0.39, 0.29) is 5.69 Å². The van der Waals surface area contributed by atoms with E-state index < -0.39 is 11.7 Å². The molecule has 1 N–H and O–H groups in total. The highest BCUT2D eigenvalue weighted by Crippen LogP contribution is 2.38. The minimum absolute atomic E-state index is 0.00164. The molecule has 3 aromatic rings. The van der Waals surface area contributed by atoms with Gasteiger partial charge in [0.1, 0.15) is 5.82 Å². The molecule has 26 heavy (non-hydrogen) atoms. The molecular formula is C19H19F3N4. The Morgan fingerprint density at radius 3 is 2.77 bits per heavy atom. The van der Waals surface area contributed by atoms with E-state index in [9.17, 15) is 13.2 Å². The molecule has 136 valence electrons. The van der Waals surface area contributed by atoms with Gasteiger partial charge in [0.15, 0.2) is 0 Å². The third-order valence-electron chi connectivity index (χ3n) is 4.86. The second-order valence-corrected chi connectivity index (χ2v) is 6.84. The van der Waals surface area contributed by atoms with E-state index in [1.54, 1.807) is 13.1 Å². The van der Waals surface area contributed by atoms with Crippen LogP contribution in [-0.2, 0) is 12.7 Å². The van der Waals surface area contributed by atoms with Crippen molar-refractivity contribution in [3.05, 3.63) is 48.0 Å². The second kappa shape index (κ2) is 6.30. The summed E-state index contributed by atoms with van der Waals surface area (Å²) in [6.07, 6.45) is 5.12. The fraction of sp³-hybridized carbons (Fsp3) is 0.368. The van der Waals surface area contributed by atoms with E-state index in [1.165, 1.54) is 19.0 Å². The molecule has 0 atom stereocenters. The monoisotopic (exact) mass is 360 g/mol. The summed E-state index contributed by atoms with van der Waals surface area (Å²) in [5.41, 5.74) is 0.609. The quantitative estimate of drug-likeness (QED) is 0.671. The molecule has 1 saturated carbocycles. The summed E-state index contributed by atoms with van der Waals surface area (Å²) in [4.78, 5) is 7.96. The molecule has 0 spiro atoms. The Morgan fingerprint density at radius 1 is 1.23 bits per heavy atom. The number of hydrogen-bond donors (Lipinski definition) is 1.